The maximum atomic E-state index is 11.3. The summed E-state index contributed by atoms with van der Waals surface area (Å²) >= 11 is 1.76. The summed E-state index contributed by atoms with van der Waals surface area (Å²) < 4.78 is 5.30. The van der Waals surface area contributed by atoms with Gasteiger partial charge >= 0.3 is 5.97 Å². The molecular weight excluding hydrogens is 256 g/mol. The van der Waals surface area contributed by atoms with Crippen molar-refractivity contribution in [3.05, 3.63) is 36.0 Å². The summed E-state index contributed by atoms with van der Waals surface area (Å²) in [6.45, 7) is 5.39. The molecule has 0 aliphatic heterocycles. The van der Waals surface area contributed by atoms with E-state index < -0.39 is 0 Å². The highest BCUT2D eigenvalue weighted by molar-refractivity contribution is 8.00. The number of allylic oxidation sites excluding steroid dienone is 2. The second-order valence-electron chi connectivity index (χ2n) is 5.07. The fourth-order valence-electron chi connectivity index (χ4n) is 2.71. The second kappa shape index (κ2) is 6.99. The van der Waals surface area contributed by atoms with Crippen molar-refractivity contribution in [3.8, 4) is 0 Å². The first-order valence-electron chi connectivity index (χ1n) is 7.07. The molecule has 0 amide bonds. The first-order chi connectivity index (χ1) is 9.20. The van der Waals surface area contributed by atoms with Gasteiger partial charge in [-0.1, -0.05) is 29.9 Å². The van der Waals surface area contributed by atoms with Crippen molar-refractivity contribution in [1.82, 2.24) is 0 Å². The van der Waals surface area contributed by atoms with Crippen LogP contribution in [0.5, 0.6) is 0 Å². The van der Waals surface area contributed by atoms with Gasteiger partial charge in [0.15, 0.2) is 0 Å². The van der Waals surface area contributed by atoms with Gasteiger partial charge in [0.1, 0.15) is 5.44 Å². The topological polar surface area (TPSA) is 26.3 Å². The highest BCUT2D eigenvalue weighted by Crippen LogP contribution is 2.39. The molecule has 0 spiro atoms. The highest BCUT2D eigenvalue weighted by Gasteiger charge is 2.26. The molecule has 0 aromatic carbocycles. The van der Waals surface area contributed by atoms with E-state index in [1.165, 1.54) is 55.7 Å². The number of thioether (sulfide) groups is 1. The Morgan fingerprint density at radius 1 is 1.32 bits per heavy atom. The first kappa shape index (κ1) is 14.4. The average molecular weight is 278 g/mol. The minimum absolute atomic E-state index is 0.126. The summed E-state index contributed by atoms with van der Waals surface area (Å²) in [5.41, 5.74) is 2.93. The second-order valence-corrected chi connectivity index (χ2v) is 6.47. The van der Waals surface area contributed by atoms with Gasteiger partial charge in [-0.3, -0.25) is 0 Å². The zero-order valence-corrected chi connectivity index (χ0v) is 12.4. The lowest BCUT2D eigenvalue weighted by molar-refractivity contribution is -0.138. The van der Waals surface area contributed by atoms with E-state index in [1.54, 1.807) is 11.8 Å². The summed E-state index contributed by atoms with van der Waals surface area (Å²) in [4.78, 5) is 11.3. The molecule has 0 aromatic rings. The van der Waals surface area contributed by atoms with Crippen molar-refractivity contribution in [1.29, 1.82) is 0 Å². The third kappa shape index (κ3) is 4.00. The lowest BCUT2D eigenvalue weighted by Crippen LogP contribution is -2.17. The van der Waals surface area contributed by atoms with Gasteiger partial charge in [-0.15, -0.1) is 11.8 Å². The average Bonchev–Trinajstić information content (AvgIpc) is 3.08. The predicted octanol–water partition coefficient (Wildman–Crippen LogP) is 4.38. The Hall–Kier alpha value is -0.960. The molecule has 1 unspecified atom stereocenters. The monoisotopic (exact) mass is 278 g/mol. The van der Waals surface area contributed by atoms with E-state index in [0.717, 1.165) is 0 Å². The summed E-state index contributed by atoms with van der Waals surface area (Å²) in [6.07, 6.45) is 13.3. The van der Waals surface area contributed by atoms with Crippen molar-refractivity contribution in [2.45, 2.75) is 56.1 Å². The Morgan fingerprint density at radius 2 is 1.89 bits per heavy atom. The van der Waals surface area contributed by atoms with Crippen molar-refractivity contribution in [2.24, 2.45) is 0 Å². The summed E-state index contributed by atoms with van der Waals surface area (Å²) in [5, 5.41) is 0.414. The van der Waals surface area contributed by atoms with Gasteiger partial charge in [0.25, 0.3) is 0 Å². The quantitative estimate of drug-likeness (QED) is 0.312. The molecule has 0 N–H and O–H groups in total. The van der Waals surface area contributed by atoms with Crippen LogP contribution in [0.25, 0.3) is 0 Å². The molecule has 104 valence electrons. The van der Waals surface area contributed by atoms with Crippen LogP contribution < -0.4 is 0 Å². The van der Waals surface area contributed by atoms with Gasteiger partial charge in [0.2, 0.25) is 0 Å². The Balaban J connectivity index is 2.01. The smallest absolute Gasteiger partial charge is 0.331 e. The number of carbonyl (C=O) groups is 1. The minimum atomic E-state index is -0.334. The van der Waals surface area contributed by atoms with Crippen molar-refractivity contribution >= 4 is 17.7 Å². The molecule has 0 fully saturated rings. The molecule has 2 aliphatic carbocycles. The molecule has 0 aromatic heterocycles. The zero-order valence-electron chi connectivity index (χ0n) is 11.6. The van der Waals surface area contributed by atoms with Gasteiger partial charge in [0.05, 0.1) is 5.25 Å². The van der Waals surface area contributed by atoms with E-state index in [0.29, 0.717) is 5.25 Å². The summed E-state index contributed by atoms with van der Waals surface area (Å²) in [7, 11) is 0. The van der Waals surface area contributed by atoms with Crippen LogP contribution in [0.15, 0.2) is 36.0 Å². The molecular formula is C16H22O2S. The maximum absolute atomic E-state index is 11.3. The molecule has 0 heterocycles. The lowest BCUT2D eigenvalue weighted by atomic mass is 10.0. The van der Waals surface area contributed by atoms with Crippen LogP contribution in [0.1, 0.15) is 45.4 Å². The van der Waals surface area contributed by atoms with Crippen LogP contribution >= 0.6 is 11.8 Å². The molecule has 2 aliphatic rings. The number of rotatable bonds is 6. The lowest BCUT2D eigenvalue weighted by Gasteiger charge is -2.23. The SMILES string of the molecule is C=CC(=O)OC(C)SC(C1=CCCC1)C1=CCCC1. The molecule has 3 heteroatoms. The highest BCUT2D eigenvalue weighted by atomic mass is 32.2. The van der Waals surface area contributed by atoms with Crippen LogP contribution in [-0.4, -0.2) is 16.7 Å². The summed E-state index contributed by atoms with van der Waals surface area (Å²) in [5.74, 6) is -0.334. The van der Waals surface area contributed by atoms with Gasteiger partial charge < -0.3 is 4.74 Å². The predicted molar refractivity (Wildman–Crippen MR) is 81.0 cm³/mol. The third-order valence-electron chi connectivity index (χ3n) is 3.60. The van der Waals surface area contributed by atoms with Gasteiger partial charge in [0, 0.05) is 6.08 Å². The number of carbonyl (C=O) groups excluding carboxylic acids is 1. The van der Waals surface area contributed by atoms with E-state index in [2.05, 4.69) is 18.7 Å². The molecule has 0 bridgehead atoms. The van der Waals surface area contributed by atoms with E-state index >= 15 is 0 Å². The number of hydrogen-bond donors (Lipinski definition) is 0. The Morgan fingerprint density at radius 3 is 2.32 bits per heavy atom. The fourth-order valence-corrected chi connectivity index (χ4v) is 4.02. The maximum Gasteiger partial charge on any atom is 0.331 e. The van der Waals surface area contributed by atoms with Crippen LogP contribution in [0.4, 0.5) is 0 Å². The van der Waals surface area contributed by atoms with E-state index in [4.69, 9.17) is 4.74 Å². The van der Waals surface area contributed by atoms with E-state index in [9.17, 15) is 4.79 Å². The Labute approximate surface area is 120 Å². The van der Waals surface area contributed by atoms with Crippen LogP contribution in [0.3, 0.4) is 0 Å². The first-order valence-corrected chi connectivity index (χ1v) is 8.01. The zero-order chi connectivity index (χ0) is 13.7. The van der Waals surface area contributed by atoms with E-state index in [1.807, 2.05) is 6.92 Å². The standard InChI is InChI=1S/C16H22O2S/c1-3-15(17)18-12(2)19-16(13-8-4-5-9-13)14-10-6-7-11-14/h3,8,10,12,16H,1,4-7,9,11H2,2H3. The van der Waals surface area contributed by atoms with Crippen molar-refractivity contribution in [3.63, 3.8) is 0 Å². The van der Waals surface area contributed by atoms with Crippen LogP contribution in [0, 0.1) is 0 Å². The van der Waals surface area contributed by atoms with Crippen molar-refractivity contribution < 1.29 is 9.53 Å². The Kier molecular flexibility index (Phi) is 5.32. The Bertz CT molecular complexity index is 385. The van der Waals surface area contributed by atoms with Gasteiger partial charge in [-0.2, -0.15) is 0 Å². The van der Waals surface area contributed by atoms with Crippen molar-refractivity contribution in [2.75, 3.05) is 0 Å². The normalized spacial score (nSPS) is 20.1. The fraction of sp³-hybridized carbons (Fsp3) is 0.562. The summed E-state index contributed by atoms with van der Waals surface area (Å²) in [6, 6.07) is 0. The largest absolute Gasteiger partial charge is 0.448 e. The van der Waals surface area contributed by atoms with Gasteiger partial charge in [-0.25, -0.2) is 4.79 Å². The number of ether oxygens (including phenoxy) is 1. The molecule has 19 heavy (non-hydrogen) atoms. The third-order valence-corrected chi connectivity index (χ3v) is 4.96. The molecule has 1 atom stereocenters. The number of esters is 1. The van der Waals surface area contributed by atoms with Gasteiger partial charge in [-0.05, 0) is 45.4 Å². The number of hydrogen-bond acceptors (Lipinski definition) is 3. The molecule has 2 rings (SSSR count). The molecule has 2 nitrogen and oxygen atoms in total. The molecule has 0 saturated carbocycles. The van der Waals surface area contributed by atoms with Crippen LogP contribution in [-0.2, 0) is 9.53 Å². The minimum Gasteiger partial charge on any atom is -0.448 e. The van der Waals surface area contributed by atoms with E-state index in [-0.39, 0.29) is 11.4 Å². The molecule has 0 radical (unpaired) electrons. The molecule has 0 saturated heterocycles. The van der Waals surface area contributed by atoms with Crippen LogP contribution in [0.2, 0.25) is 0 Å².